The van der Waals surface area contributed by atoms with Gasteiger partial charge in [-0.2, -0.15) is 0 Å². The first-order valence-corrected chi connectivity index (χ1v) is 4.29. The Kier molecular flexibility index (Phi) is 8.71. The van der Waals surface area contributed by atoms with Crippen molar-refractivity contribution >= 4 is 25.2 Å². The van der Waals surface area contributed by atoms with Crippen LogP contribution in [-0.2, 0) is 33.2 Å². The zero-order chi connectivity index (χ0) is 13.6. The standard InChI is InChI=1S/C7H11BO9.Li.H/c1-4(9)14-7(15-5(2)10,16-6(3)11)17-8(12)13;;/h12-13H,1-3H3;;/q;+1;-1. The Hall–Kier alpha value is -1.05. The van der Waals surface area contributed by atoms with E-state index in [1.807, 2.05) is 0 Å². The number of esters is 3. The van der Waals surface area contributed by atoms with Crippen LogP contribution in [0.25, 0.3) is 0 Å². The molecule has 0 fully saturated rings. The van der Waals surface area contributed by atoms with Crippen molar-refractivity contribution in [2.45, 2.75) is 26.9 Å². The molecule has 98 valence electrons. The number of hydrogen-bond acceptors (Lipinski definition) is 9. The Morgan fingerprint density at radius 2 is 1.22 bits per heavy atom. The summed E-state index contributed by atoms with van der Waals surface area (Å²) in [6.07, 6.45) is -2.96. The molecule has 11 heteroatoms. The molecule has 0 heterocycles. The number of carbonyl (C=O) groups excluding carboxylic acids is 3. The SMILES string of the molecule is CC(=O)OC(OB(O)O)(OC(C)=O)OC(C)=O.[H-].[Li+]. The van der Waals surface area contributed by atoms with Gasteiger partial charge in [0.1, 0.15) is 0 Å². The molecular weight excluding hydrogens is 246 g/mol. The fourth-order valence-corrected chi connectivity index (χ4v) is 0.792. The van der Waals surface area contributed by atoms with E-state index in [4.69, 9.17) is 10.0 Å². The molecule has 0 aliphatic heterocycles. The summed E-state index contributed by atoms with van der Waals surface area (Å²) in [6, 6.07) is 0. The van der Waals surface area contributed by atoms with E-state index in [9.17, 15) is 14.4 Å². The average molecular weight is 258 g/mol. The van der Waals surface area contributed by atoms with Gasteiger partial charge in [-0.15, -0.1) is 0 Å². The first-order valence-electron chi connectivity index (χ1n) is 4.29. The molecule has 0 radical (unpaired) electrons. The van der Waals surface area contributed by atoms with E-state index in [0.29, 0.717) is 0 Å². The first-order chi connectivity index (χ1) is 7.67. The summed E-state index contributed by atoms with van der Waals surface area (Å²) in [5.74, 6) is -3.14. The molecule has 0 aliphatic rings. The van der Waals surface area contributed by atoms with Crippen molar-refractivity contribution in [2.75, 3.05) is 0 Å². The van der Waals surface area contributed by atoms with Crippen molar-refractivity contribution in [1.82, 2.24) is 0 Å². The van der Waals surface area contributed by atoms with Gasteiger partial charge >= 0.3 is 50.2 Å². The summed E-state index contributed by atoms with van der Waals surface area (Å²) in [4.78, 5) is 32.3. The second-order valence-electron chi connectivity index (χ2n) is 2.73. The van der Waals surface area contributed by atoms with Gasteiger partial charge in [-0.25, -0.2) is 0 Å². The molecule has 0 saturated carbocycles. The predicted molar refractivity (Wildman–Crippen MR) is 50.4 cm³/mol. The van der Waals surface area contributed by atoms with Crippen molar-refractivity contribution in [3.8, 4) is 0 Å². The van der Waals surface area contributed by atoms with E-state index in [0.717, 1.165) is 20.8 Å². The van der Waals surface area contributed by atoms with Crippen LogP contribution >= 0.6 is 0 Å². The van der Waals surface area contributed by atoms with Crippen molar-refractivity contribution < 1.29 is 63.6 Å². The molecule has 2 N–H and O–H groups in total. The van der Waals surface area contributed by atoms with Crippen LogP contribution in [0.2, 0.25) is 0 Å². The third-order valence-corrected chi connectivity index (χ3v) is 1.06. The monoisotopic (exact) mass is 258 g/mol. The van der Waals surface area contributed by atoms with E-state index in [2.05, 4.69) is 18.9 Å². The van der Waals surface area contributed by atoms with Gasteiger partial charge in [-0.05, 0) is 0 Å². The molecule has 0 saturated heterocycles. The van der Waals surface area contributed by atoms with Crippen LogP contribution in [0.1, 0.15) is 22.2 Å². The molecule has 0 spiro atoms. The maximum Gasteiger partial charge on any atom is 1.00 e. The van der Waals surface area contributed by atoms with E-state index in [1.165, 1.54) is 0 Å². The van der Waals surface area contributed by atoms with E-state index in [-0.39, 0.29) is 20.3 Å². The summed E-state index contributed by atoms with van der Waals surface area (Å²) in [5, 5.41) is 17.2. The molecule has 0 aromatic heterocycles. The summed E-state index contributed by atoms with van der Waals surface area (Å²) in [6.45, 7) is 2.69. The Bertz CT molecular complexity index is 283. The van der Waals surface area contributed by atoms with Crippen LogP contribution in [0.15, 0.2) is 0 Å². The number of ether oxygens (including phenoxy) is 3. The van der Waals surface area contributed by atoms with Gasteiger partial charge in [-0.3, -0.25) is 19.0 Å². The van der Waals surface area contributed by atoms with E-state index in [1.54, 1.807) is 0 Å². The summed E-state index contributed by atoms with van der Waals surface area (Å²) in [5.41, 5.74) is 0. The van der Waals surface area contributed by atoms with E-state index >= 15 is 0 Å². The Morgan fingerprint density at radius 3 is 1.39 bits per heavy atom. The van der Waals surface area contributed by atoms with Crippen molar-refractivity contribution in [3.05, 3.63) is 0 Å². The molecule has 0 rings (SSSR count). The average Bonchev–Trinajstić information content (AvgIpc) is 1.95. The molecule has 0 aromatic rings. The quantitative estimate of drug-likeness (QED) is 0.284. The Labute approximate surface area is 116 Å². The summed E-state index contributed by atoms with van der Waals surface area (Å²) in [7, 11) is -2.51. The van der Waals surface area contributed by atoms with Crippen LogP contribution in [0.3, 0.4) is 0 Å². The minimum atomic E-state index is -2.96. The van der Waals surface area contributed by atoms with Gasteiger partial charge in [0.05, 0.1) is 0 Å². The van der Waals surface area contributed by atoms with Crippen LogP contribution in [0.4, 0.5) is 0 Å². The van der Waals surface area contributed by atoms with Crippen molar-refractivity contribution in [1.29, 1.82) is 0 Å². The molecule has 9 nitrogen and oxygen atoms in total. The van der Waals surface area contributed by atoms with Crippen LogP contribution in [0, 0.1) is 0 Å². The van der Waals surface area contributed by atoms with Gasteiger partial charge in [0.15, 0.2) is 0 Å². The molecule has 0 atom stereocenters. The third-order valence-electron chi connectivity index (χ3n) is 1.06. The molecule has 0 unspecified atom stereocenters. The maximum atomic E-state index is 10.8. The van der Waals surface area contributed by atoms with Gasteiger partial charge < -0.3 is 25.7 Å². The predicted octanol–water partition coefficient (Wildman–Crippen LogP) is -4.61. The number of rotatable bonds is 5. The fourth-order valence-electron chi connectivity index (χ4n) is 0.792. The Morgan fingerprint density at radius 1 is 0.944 bits per heavy atom. The number of hydrogen-bond donors (Lipinski definition) is 2. The zero-order valence-electron chi connectivity index (χ0n) is 11.3. The number of carbonyl (C=O) groups is 3. The Balaban J connectivity index is -0.00000128. The molecule has 0 aliphatic carbocycles. The second-order valence-corrected chi connectivity index (χ2v) is 2.73. The van der Waals surface area contributed by atoms with Crippen molar-refractivity contribution in [3.63, 3.8) is 0 Å². The van der Waals surface area contributed by atoms with Crippen LogP contribution in [0.5, 0.6) is 0 Å². The fraction of sp³-hybridized carbons (Fsp3) is 0.571. The topological polar surface area (TPSA) is 129 Å². The van der Waals surface area contributed by atoms with Gasteiger partial charge in [0.2, 0.25) is 0 Å². The summed E-state index contributed by atoms with van der Waals surface area (Å²) >= 11 is 0. The smallest absolute Gasteiger partial charge is 1.00 e. The minimum absolute atomic E-state index is 0. The van der Waals surface area contributed by atoms with Crippen LogP contribution < -0.4 is 18.9 Å². The van der Waals surface area contributed by atoms with Gasteiger partial charge in [0, 0.05) is 20.8 Å². The third kappa shape index (κ3) is 8.10. The van der Waals surface area contributed by atoms with E-state index < -0.39 is 31.4 Å². The molecule has 18 heavy (non-hydrogen) atoms. The zero-order valence-corrected chi connectivity index (χ0v) is 10.3. The molecule has 0 aromatic carbocycles. The minimum Gasteiger partial charge on any atom is -1.00 e. The van der Waals surface area contributed by atoms with Gasteiger partial charge in [0.25, 0.3) is 0 Å². The maximum absolute atomic E-state index is 10.8. The molecular formula is C7H12BLiO9. The van der Waals surface area contributed by atoms with Crippen LogP contribution in [-0.4, -0.2) is 41.4 Å². The van der Waals surface area contributed by atoms with Gasteiger partial charge in [-0.1, -0.05) is 0 Å². The second kappa shape index (κ2) is 8.12. The first kappa shape index (κ1) is 19.3. The largest absolute Gasteiger partial charge is 1.00 e. The normalized spacial score (nSPS) is 9.83. The molecule has 0 amide bonds. The molecule has 0 bridgehead atoms. The van der Waals surface area contributed by atoms with Crippen molar-refractivity contribution in [2.24, 2.45) is 0 Å². The summed E-state index contributed by atoms with van der Waals surface area (Å²) < 4.78 is 17.1.